The molecule has 0 atom stereocenters. The molecular weight excluding hydrogens is 236 g/mol. The van der Waals surface area contributed by atoms with Crippen LogP contribution in [0.25, 0.3) is 0 Å². The SMILES string of the molecule is CCCN(CC1CC1)c1cc(NC)nc(C(C)C)n1. The van der Waals surface area contributed by atoms with Gasteiger partial charge in [-0.2, -0.15) is 0 Å². The Morgan fingerprint density at radius 1 is 1.37 bits per heavy atom. The lowest BCUT2D eigenvalue weighted by Gasteiger charge is -2.24. The largest absolute Gasteiger partial charge is 0.373 e. The zero-order valence-electron chi connectivity index (χ0n) is 12.6. The molecule has 4 heteroatoms. The molecule has 2 rings (SSSR count). The van der Waals surface area contributed by atoms with Crippen LogP contribution >= 0.6 is 0 Å². The molecule has 0 unspecified atom stereocenters. The fourth-order valence-corrected chi connectivity index (χ4v) is 2.18. The predicted octanol–water partition coefficient (Wildman–Crippen LogP) is 3.27. The van der Waals surface area contributed by atoms with Crippen molar-refractivity contribution in [3.63, 3.8) is 0 Å². The molecule has 1 fully saturated rings. The standard InChI is InChI=1S/C15H26N4/c1-5-8-19(10-12-6-7-12)14-9-13(16-4)17-15(18-14)11(2)3/h9,11-12H,5-8,10H2,1-4H3,(H,16,17,18). The van der Waals surface area contributed by atoms with Gasteiger partial charge in [-0.25, -0.2) is 9.97 Å². The van der Waals surface area contributed by atoms with Crippen LogP contribution in [-0.4, -0.2) is 30.1 Å². The minimum atomic E-state index is 0.358. The highest BCUT2D eigenvalue weighted by Gasteiger charge is 2.25. The average molecular weight is 262 g/mol. The normalized spacial score (nSPS) is 14.8. The third kappa shape index (κ3) is 3.82. The summed E-state index contributed by atoms with van der Waals surface area (Å²) in [5, 5.41) is 3.15. The van der Waals surface area contributed by atoms with E-state index < -0.39 is 0 Å². The molecule has 0 radical (unpaired) electrons. The highest BCUT2D eigenvalue weighted by Crippen LogP contribution is 2.31. The van der Waals surface area contributed by atoms with Crippen LogP contribution in [0.15, 0.2) is 6.07 Å². The molecule has 0 amide bonds. The first kappa shape index (κ1) is 14.1. The maximum atomic E-state index is 4.76. The minimum absolute atomic E-state index is 0.358. The van der Waals surface area contributed by atoms with Gasteiger partial charge < -0.3 is 10.2 Å². The van der Waals surface area contributed by atoms with Gasteiger partial charge in [-0.3, -0.25) is 0 Å². The fraction of sp³-hybridized carbons (Fsp3) is 0.733. The zero-order chi connectivity index (χ0) is 13.8. The summed E-state index contributed by atoms with van der Waals surface area (Å²) in [6.07, 6.45) is 3.91. The summed E-state index contributed by atoms with van der Waals surface area (Å²) in [6, 6.07) is 2.07. The quantitative estimate of drug-likeness (QED) is 0.819. The van der Waals surface area contributed by atoms with Gasteiger partial charge in [0.25, 0.3) is 0 Å². The summed E-state index contributed by atoms with van der Waals surface area (Å²) < 4.78 is 0. The van der Waals surface area contributed by atoms with Gasteiger partial charge in [-0.15, -0.1) is 0 Å². The maximum absolute atomic E-state index is 4.76. The van der Waals surface area contributed by atoms with Crippen molar-refractivity contribution in [1.29, 1.82) is 0 Å². The van der Waals surface area contributed by atoms with Crippen molar-refractivity contribution >= 4 is 11.6 Å². The second-order valence-corrected chi connectivity index (χ2v) is 5.76. The average Bonchev–Trinajstić information content (AvgIpc) is 3.21. The lowest BCUT2D eigenvalue weighted by molar-refractivity contribution is 0.687. The van der Waals surface area contributed by atoms with Gasteiger partial charge in [0.15, 0.2) is 0 Å². The van der Waals surface area contributed by atoms with Crippen LogP contribution in [0.4, 0.5) is 11.6 Å². The molecule has 106 valence electrons. The number of nitrogens with one attached hydrogen (secondary N) is 1. The van der Waals surface area contributed by atoms with Gasteiger partial charge in [0.05, 0.1) is 0 Å². The molecule has 1 heterocycles. The van der Waals surface area contributed by atoms with E-state index in [-0.39, 0.29) is 0 Å². The third-order valence-corrected chi connectivity index (χ3v) is 3.50. The molecule has 4 nitrogen and oxygen atoms in total. The van der Waals surface area contributed by atoms with E-state index in [9.17, 15) is 0 Å². The number of aromatic nitrogens is 2. The molecule has 19 heavy (non-hydrogen) atoms. The van der Waals surface area contributed by atoms with Crippen molar-refractivity contribution < 1.29 is 0 Å². The van der Waals surface area contributed by atoms with Gasteiger partial charge in [-0.05, 0) is 25.2 Å². The Morgan fingerprint density at radius 3 is 2.63 bits per heavy atom. The lowest BCUT2D eigenvalue weighted by atomic mass is 10.2. The number of anilines is 2. The van der Waals surface area contributed by atoms with Gasteiger partial charge in [-0.1, -0.05) is 20.8 Å². The van der Waals surface area contributed by atoms with E-state index in [1.54, 1.807) is 0 Å². The highest BCUT2D eigenvalue weighted by atomic mass is 15.2. The Bertz CT molecular complexity index is 413. The minimum Gasteiger partial charge on any atom is -0.373 e. The van der Waals surface area contributed by atoms with Crippen molar-refractivity contribution in [2.75, 3.05) is 30.4 Å². The molecule has 0 saturated heterocycles. The van der Waals surface area contributed by atoms with Gasteiger partial charge in [0.2, 0.25) is 0 Å². The number of nitrogens with zero attached hydrogens (tertiary/aromatic N) is 3. The van der Waals surface area contributed by atoms with Crippen LogP contribution in [0.5, 0.6) is 0 Å². The lowest BCUT2D eigenvalue weighted by Crippen LogP contribution is -2.28. The van der Waals surface area contributed by atoms with Crippen molar-refractivity contribution in [3.05, 3.63) is 11.9 Å². The van der Waals surface area contributed by atoms with E-state index in [2.05, 4.69) is 42.0 Å². The Balaban J connectivity index is 2.25. The molecule has 1 aliphatic carbocycles. The van der Waals surface area contributed by atoms with Crippen molar-refractivity contribution in [1.82, 2.24) is 9.97 Å². The fourth-order valence-electron chi connectivity index (χ4n) is 2.18. The zero-order valence-corrected chi connectivity index (χ0v) is 12.6. The summed E-state index contributed by atoms with van der Waals surface area (Å²) in [5.74, 6) is 4.17. The van der Waals surface area contributed by atoms with Crippen LogP contribution in [0.1, 0.15) is 51.8 Å². The Labute approximate surface area is 116 Å². The molecule has 1 saturated carbocycles. The molecule has 1 aliphatic rings. The molecule has 1 aromatic rings. The molecular formula is C15H26N4. The van der Waals surface area contributed by atoms with Crippen molar-refractivity contribution in [2.24, 2.45) is 5.92 Å². The van der Waals surface area contributed by atoms with Crippen LogP contribution < -0.4 is 10.2 Å². The molecule has 0 bridgehead atoms. The van der Waals surface area contributed by atoms with Gasteiger partial charge >= 0.3 is 0 Å². The van der Waals surface area contributed by atoms with Crippen LogP contribution in [0.2, 0.25) is 0 Å². The number of hydrogen-bond acceptors (Lipinski definition) is 4. The van der Waals surface area contributed by atoms with Crippen LogP contribution in [-0.2, 0) is 0 Å². The predicted molar refractivity (Wildman–Crippen MR) is 80.9 cm³/mol. The van der Waals surface area contributed by atoms with Crippen molar-refractivity contribution in [2.45, 2.75) is 46.0 Å². The first-order valence-electron chi connectivity index (χ1n) is 7.45. The second kappa shape index (κ2) is 6.22. The number of hydrogen-bond donors (Lipinski definition) is 1. The maximum Gasteiger partial charge on any atom is 0.135 e. The smallest absolute Gasteiger partial charge is 0.135 e. The highest BCUT2D eigenvalue weighted by molar-refractivity contribution is 5.49. The molecule has 1 N–H and O–H groups in total. The van der Waals surface area contributed by atoms with E-state index >= 15 is 0 Å². The summed E-state index contributed by atoms with van der Waals surface area (Å²) in [5.41, 5.74) is 0. The van der Waals surface area contributed by atoms with Crippen LogP contribution in [0.3, 0.4) is 0 Å². The van der Waals surface area contributed by atoms with Gasteiger partial charge in [0, 0.05) is 32.1 Å². The third-order valence-electron chi connectivity index (χ3n) is 3.50. The Hall–Kier alpha value is -1.32. The number of rotatable bonds is 7. The van der Waals surface area contributed by atoms with E-state index in [0.717, 1.165) is 42.9 Å². The Morgan fingerprint density at radius 2 is 2.11 bits per heavy atom. The van der Waals surface area contributed by atoms with Crippen molar-refractivity contribution in [3.8, 4) is 0 Å². The van der Waals surface area contributed by atoms with E-state index in [1.807, 2.05) is 7.05 Å². The summed E-state index contributed by atoms with van der Waals surface area (Å²) in [6.45, 7) is 8.73. The molecule has 0 spiro atoms. The topological polar surface area (TPSA) is 41.0 Å². The molecule has 0 aliphatic heterocycles. The summed E-state index contributed by atoms with van der Waals surface area (Å²) in [4.78, 5) is 11.7. The van der Waals surface area contributed by atoms with E-state index in [4.69, 9.17) is 4.98 Å². The van der Waals surface area contributed by atoms with E-state index in [1.165, 1.54) is 12.8 Å². The monoisotopic (exact) mass is 262 g/mol. The molecule has 0 aromatic carbocycles. The second-order valence-electron chi connectivity index (χ2n) is 5.76. The Kier molecular flexibility index (Phi) is 4.61. The summed E-state index contributed by atoms with van der Waals surface area (Å²) >= 11 is 0. The first-order valence-corrected chi connectivity index (χ1v) is 7.45. The van der Waals surface area contributed by atoms with Crippen LogP contribution in [0, 0.1) is 5.92 Å². The summed E-state index contributed by atoms with van der Waals surface area (Å²) in [7, 11) is 1.92. The van der Waals surface area contributed by atoms with E-state index in [0.29, 0.717) is 5.92 Å². The molecule has 1 aromatic heterocycles. The van der Waals surface area contributed by atoms with Gasteiger partial charge in [0.1, 0.15) is 17.5 Å². The first-order chi connectivity index (χ1) is 9.13.